The van der Waals surface area contributed by atoms with Crippen molar-refractivity contribution in [1.29, 1.82) is 0 Å². The molecule has 0 aliphatic rings. The van der Waals surface area contributed by atoms with Crippen LogP contribution < -0.4 is 30.2 Å². The van der Waals surface area contributed by atoms with E-state index in [1.807, 2.05) is 42.5 Å². The summed E-state index contributed by atoms with van der Waals surface area (Å²) in [6.07, 6.45) is 1.69. The Labute approximate surface area is 245 Å². The van der Waals surface area contributed by atoms with Crippen LogP contribution in [0.1, 0.15) is 5.56 Å². The molecule has 0 atom stereocenters. The Morgan fingerprint density at radius 3 is 2.59 bits per heavy atom. The normalized spacial score (nSPS) is 10.6. The average molecular weight is 589 g/mol. The molecule has 0 unspecified atom stereocenters. The predicted octanol–water partition coefficient (Wildman–Crippen LogP) is 7.04. The van der Waals surface area contributed by atoms with Crippen molar-refractivity contribution in [3.05, 3.63) is 96.4 Å². The van der Waals surface area contributed by atoms with E-state index in [2.05, 4.69) is 20.9 Å². The molecule has 0 saturated carbocycles. The number of thiocarbonyl (C=S) groups is 1. The van der Waals surface area contributed by atoms with Gasteiger partial charge in [-0.05, 0) is 48.6 Å². The first-order valence-electron chi connectivity index (χ1n) is 12.4. The van der Waals surface area contributed by atoms with Crippen LogP contribution in [0.4, 0.5) is 20.8 Å². The zero-order chi connectivity index (χ0) is 28.8. The standard InChI is InChI=1S/C30H25FN4O4S2/c1-37-21-8-5-7-19(15-21)33-28-17-23-29(41-28)26(12-13-32-23)39-25-11-10-20(16-22(25)31)34-30(40)35-27(36)14-18-6-3-4-9-24(18)38-2/h3-13,15-17,33H,14H2,1-2H3,(H2,34,35,36,40). The smallest absolute Gasteiger partial charge is 0.230 e. The van der Waals surface area contributed by atoms with Gasteiger partial charge < -0.3 is 30.2 Å². The van der Waals surface area contributed by atoms with Gasteiger partial charge in [0.15, 0.2) is 16.7 Å². The highest BCUT2D eigenvalue weighted by Gasteiger charge is 2.14. The van der Waals surface area contributed by atoms with E-state index in [0.717, 1.165) is 26.7 Å². The van der Waals surface area contributed by atoms with Crippen molar-refractivity contribution >= 4 is 61.2 Å². The molecule has 0 bridgehead atoms. The summed E-state index contributed by atoms with van der Waals surface area (Å²) >= 11 is 6.68. The van der Waals surface area contributed by atoms with Crippen molar-refractivity contribution in [1.82, 2.24) is 10.3 Å². The molecule has 0 radical (unpaired) electrons. The molecule has 2 aromatic heterocycles. The van der Waals surface area contributed by atoms with E-state index in [-0.39, 0.29) is 23.2 Å². The minimum absolute atomic E-state index is 0.0323. The number of hydrogen-bond donors (Lipinski definition) is 3. The molecule has 5 rings (SSSR count). The third-order valence-corrected chi connectivity index (χ3v) is 7.18. The van der Waals surface area contributed by atoms with Gasteiger partial charge in [0.05, 0.1) is 35.9 Å². The second kappa shape index (κ2) is 12.6. The third-order valence-electron chi connectivity index (χ3n) is 5.92. The van der Waals surface area contributed by atoms with Crippen LogP contribution in [-0.4, -0.2) is 30.2 Å². The lowest BCUT2D eigenvalue weighted by Crippen LogP contribution is -2.35. The Balaban J connectivity index is 1.24. The molecule has 0 saturated heterocycles. The lowest BCUT2D eigenvalue weighted by atomic mass is 10.1. The summed E-state index contributed by atoms with van der Waals surface area (Å²) in [5.74, 6) is 0.919. The first kappa shape index (κ1) is 27.8. The van der Waals surface area contributed by atoms with Gasteiger partial charge in [-0.2, -0.15) is 0 Å². The molecule has 208 valence electrons. The van der Waals surface area contributed by atoms with Gasteiger partial charge >= 0.3 is 0 Å². The van der Waals surface area contributed by atoms with E-state index < -0.39 is 5.82 Å². The van der Waals surface area contributed by atoms with E-state index in [9.17, 15) is 4.79 Å². The molecule has 3 aromatic carbocycles. The van der Waals surface area contributed by atoms with Gasteiger partial charge in [-0.25, -0.2) is 4.39 Å². The number of nitrogens with zero attached hydrogens (tertiary/aromatic N) is 1. The van der Waals surface area contributed by atoms with Crippen molar-refractivity contribution < 1.29 is 23.4 Å². The maximum atomic E-state index is 15.0. The third kappa shape index (κ3) is 6.89. The van der Waals surface area contributed by atoms with E-state index in [0.29, 0.717) is 22.7 Å². The van der Waals surface area contributed by atoms with Gasteiger partial charge in [-0.1, -0.05) is 24.3 Å². The Morgan fingerprint density at radius 1 is 0.927 bits per heavy atom. The molecule has 3 N–H and O–H groups in total. The van der Waals surface area contributed by atoms with Crippen LogP contribution in [0.15, 0.2) is 85.1 Å². The number of rotatable bonds is 9. The van der Waals surface area contributed by atoms with Gasteiger partial charge in [-0.3, -0.25) is 9.78 Å². The highest BCUT2D eigenvalue weighted by atomic mass is 32.1. The van der Waals surface area contributed by atoms with Gasteiger partial charge in [0.25, 0.3) is 0 Å². The van der Waals surface area contributed by atoms with Crippen molar-refractivity contribution in [2.75, 3.05) is 24.9 Å². The monoisotopic (exact) mass is 588 g/mol. The topological polar surface area (TPSA) is 93.7 Å². The second-order valence-electron chi connectivity index (χ2n) is 8.73. The number of benzene rings is 3. The number of pyridine rings is 1. The summed E-state index contributed by atoms with van der Waals surface area (Å²) in [5.41, 5.74) is 2.66. The van der Waals surface area contributed by atoms with E-state index >= 15 is 4.39 Å². The molecule has 41 heavy (non-hydrogen) atoms. The number of fused-ring (bicyclic) bond motifs is 1. The zero-order valence-electron chi connectivity index (χ0n) is 22.1. The Morgan fingerprint density at radius 2 is 1.78 bits per heavy atom. The van der Waals surface area contributed by atoms with E-state index in [1.165, 1.54) is 23.5 Å². The number of para-hydroxylation sites is 1. The largest absolute Gasteiger partial charge is 0.497 e. The number of carbonyl (C=O) groups excluding carboxylic acids is 1. The van der Waals surface area contributed by atoms with Crippen LogP contribution in [0.5, 0.6) is 23.0 Å². The minimum atomic E-state index is -0.602. The number of hydrogen-bond acceptors (Lipinski definition) is 8. The fourth-order valence-electron chi connectivity index (χ4n) is 4.03. The fraction of sp³-hybridized carbons (Fsp3) is 0.100. The van der Waals surface area contributed by atoms with Crippen LogP contribution >= 0.6 is 23.6 Å². The van der Waals surface area contributed by atoms with Crippen LogP contribution in [-0.2, 0) is 11.2 Å². The molecule has 0 aliphatic carbocycles. The van der Waals surface area contributed by atoms with Crippen molar-refractivity contribution in [2.24, 2.45) is 0 Å². The number of aromatic nitrogens is 1. The summed E-state index contributed by atoms with van der Waals surface area (Å²) in [4.78, 5) is 16.9. The number of nitrogens with one attached hydrogen (secondary N) is 3. The number of amides is 1. The van der Waals surface area contributed by atoms with Crippen LogP contribution in [0.2, 0.25) is 0 Å². The van der Waals surface area contributed by atoms with Gasteiger partial charge in [-0.15, -0.1) is 11.3 Å². The van der Waals surface area contributed by atoms with E-state index in [1.54, 1.807) is 44.7 Å². The van der Waals surface area contributed by atoms with Crippen molar-refractivity contribution in [3.8, 4) is 23.0 Å². The van der Waals surface area contributed by atoms with Gasteiger partial charge in [0.1, 0.15) is 17.2 Å². The molecule has 2 heterocycles. The average Bonchev–Trinajstić information content (AvgIpc) is 3.38. The quantitative estimate of drug-likeness (QED) is 0.158. The predicted molar refractivity (Wildman–Crippen MR) is 163 cm³/mol. The van der Waals surface area contributed by atoms with Crippen LogP contribution in [0.3, 0.4) is 0 Å². The summed E-state index contributed by atoms with van der Waals surface area (Å²) in [7, 11) is 3.16. The number of ether oxygens (including phenoxy) is 3. The maximum absolute atomic E-state index is 15.0. The maximum Gasteiger partial charge on any atom is 0.230 e. The summed E-state index contributed by atoms with van der Waals surface area (Å²) in [6, 6.07) is 22.7. The number of methoxy groups -OCH3 is 2. The summed E-state index contributed by atoms with van der Waals surface area (Å²) < 4.78 is 32.3. The molecular weight excluding hydrogens is 563 g/mol. The summed E-state index contributed by atoms with van der Waals surface area (Å²) in [6.45, 7) is 0. The SMILES string of the molecule is COc1cccc(Nc2cc3nccc(Oc4ccc(NC(=S)NC(=O)Cc5ccccc5OC)cc4F)c3s2)c1. The Bertz CT molecular complexity index is 1730. The first-order chi connectivity index (χ1) is 19.9. The molecule has 5 aromatic rings. The second-order valence-corrected chi connectivity index (χ2v) is 10.2. The lowest BCUT2D eigenvalue weighted by molar-refractivity contribution is -0.119. The lowest BCUT2D eigenvalue weighted by Gasteiger charge is -2.12. The van der Waals surface area contributed by atoms with Crippen LogP contribution in [0, 0.1) is 5.82 Å². The van der Waals surface area contributed by atoms with Crippen molar-refractivity contribution in [2.45, 2.75) is 6.42 Å². The summed E-state index contributed by atoms with van der Waals surface area (Å²) in [5, 5.41) is 9.66. The molecule has 11 heteroatoms. The molecule has 0 fully saturated rings. The van der Waals surface area contributed by atoms with Gasteiger partial charge in [0, 0.05) is 41.3 Å². The highest BCUT2D eigenvalue weighted by Crippen LogP contribution is 2.39. The highest BCUT2D eigenvalue weighted by molar-refractivity contribution is 7.80. The fourth-order valence-corrected chi connectivity index (χ4v) is 5.25. The van der Waals surface area contributed by atoms with Gasteiger partial charge in [0.2, 0.25) is 5.91 Å². The zero-order valence-corrected chi connectivity index (χ0v) is 23.7. The number of anilines is 3. The Kier molecular flexibility index (Phi) is 8.56. The van der Waals surface area contributed by atoms with Crippen LogP contribution in [0.25, 0.3) is 10.2 Å². The molecular formula is C30H25FN4O4S2. The van der Waals surface area contributed by atoms with E-state index in [4.69, 9.17) is 26.4 Å². The number of thiophene rings is 1. The molecule has 8 nitrogen and oxygen atoms in total. The number of halogens is 1. The molecule has 0 spiro atoms. The minimum Gasteiger partial charge on any atom is -0.497 e. The molecule has 0 aliphatic heterocycles. The first-order valence-corrected chi connectivity index (χ1v) is 13.6. The number of carbonyl (C=O) groups is 1. The Hall–Kier alpha value is -4.74. The van der Waals surface area contributed by atoms with Crippen molar-refractivity contribution in [3.63, 3.8) is 0 Å². The molecule has 1 amide bonds.